The van der Waals surface area contributed by atoms with Gasteiger partial charge in [-0.15, -0.1) is 12.4 Å². The van der Waals surface area contributed by atoms with Gasteiger partial charge in [0.25, 0.3) is 12.3 Å². The molecule has 1 aliphatic rings. The summed E-state index contributed by atoms with van der Waals surface area (Å²) in [7, 11) is 1.46. The van der Waals surface area contributed by atoms with Crippen LogP contribution >= 0.6 is 12.4 Å². The Bertz CT molecular complexity index is 1040. The first kappa shape index (κ1) is 21.9. The number of pyridine rings is 1. The second kappa shape index (κ2) is 9.36. The highest BCUT2D eigenvalue weighted by atomic mass is 35.5. The van der Waals surface area contributed by atoms with E-state index < -0.39 is 18.0 Å². The fraction of sp³-hybridized carbons (Fsp3) is 0.350. The number of alkyl halides is 2. The van der Waals surface area contributed by atoms with Crippen LogP contribution < -0.4 is 10.1 Å². The molecule has 3 aromatic rings. The zero-order valence-electron chi connectivity index (χ0n) is 16.2. The maximum absolute atomic E-state index is 12.8. The number of halogens is 3. The average molecular weight is 439 g/mol. The molecule has 0 spiro atoms. The number of nitrogens with zero attached hydrogens (tertiary/aromatic N) is 3. The zero-order valence-corrected chi connectivity index (χ0v) is 17.0. The largest absolute Gasteiger partial charge is 0.496 e. The minimum atomic E-state index is -2.71. The second-order valence-corrected chi connectivity index (χ2v) is 6.77. The molecular formula is C20H21ClF2N4O3. The van der Waals surface area contributed by atoms with Crippen molar-refractivity contribution in [3.8, 4) is 5.75 Å². The molecular weight excluding hydrogens is 418 g/mol. The van der Waals surface area contributed by atoms with Crippen molar-refractivity contribution in [3.63, 3.8) is 0 Å². The van der Waals surface area contributed by atoms with Crippen LogP contribution in [0.25, 0.3) is 10.9 Å². The summed E-state index contributed by atoms with van der Waals surface area (Å²) in [5.74, 6) is -0.105. The number of carbonyl (C=O) groups excluding carboxylic acids is 1. The molecule has 30 heavy (non-hydrogen) atoms. The van der Waals surface area contributed by atoms with Crippen molar-refractivity contribution in [2.45, 2.75) is 25.3 Å². The first-order chi connectivity index (χ1) is 14.0. The van der Waals surface area contributed by atoms with E-state index in [-0.39, 0.29) is 29.8 Å². The quantitative estimate of drug-likeness (QED) is 0.638. The van der Waals surface area contributed by atoms with Gasteiger partial charge in [-0.1, -0.05) is 6.07 Å². The highest BCUT2D eigenvalue weighted by Gasteiger charge is 2.20. The predicted molar refractivity (Wildman–Crippen MR) is 110 cm³/mol. The van der Waals surface area contributed by atoms with Gasteiger partial charge in [-0.2, -0.15) is 5.10 Å². The van der Waals surface area contributed by atoms with Crippen molar-refractivity contribution in [1.82, 2.24) is 14.8 Å². The van der Waals surface area contributed by atoms with Gasteiger partial charge >= 0.3 is 0 Å². The topological polar surface area (TPSA) is 78.3 Å². The van der Waals surface area contributed by atoms with Crippen LogP contribution in [-0.2, 0) is 4.74 Å². The Hall–Kier alpha value is -2.78. The molecule has 1 saturated heterocycles. The van der Waals surface area contributed by atoms with Crippen molar-refractivity contribution in [1.29, 1.82) is 0 Å². The van der Waals surface area contributed by atoms with Crippen LogP contribution in [0.15, 0.2) is 36.5 Å². The average Bonchev–Trinajstić information content (AvgIpc) is 3.16. The summed E-state index contributed by atoms with van der Waals surface area (Å²) in [5, 5.41) is 7.96. The fourth-order valence-electron chi connectivity index (χ4n) is 3.38. The summed E-state index contributed by atoms with van der Waals surface area (Å²) in [6.07, 6.45) is 0.945. The minimum absolute atomic E-state index is 0. The van der Waals surface area contributed by atoms with Crippen LogP contribution in [0.2, 0.25) is 0 Å². The van der Waals surface area contributed by atoms with E-state index in [1.807, 2.05) is 10.9 Å². The van der Waals surface area contributed by atoms with E-state index in [0.717, 1.165) is 18.2 Å². The van der Waals surface area contributed by atoms with Crippen LogP contribution in [-0.4, -0.2) is 41.0 Å². The molecule has 2 aromatic heterocycles. The Morgan fingerprint density at radius 2 is 2.07 bits per heavy atom. The number of rotatable bonds is 5. The molecule has 0 aliphatic carbocycles. The van der Waals surface area contributed by atoms with Crippen LogP contribution in [0.3, 0.4) is 0 Å². The second-order valence-electron chi connectivity index (χ2n) is 6.77. The molecule has 3 heterocycles. The molecule has 1 N–H and O–H groups in total. The Morgan fingerprint density at radius 1 is 1.30 bits per heavy atom. The molecule has 1 fully saturated rings. The lowest BCUT2D eigenvalue weighted by molar-refractivity contribution is 0.0664. The number of fused-ring (bicyclic) bond motifs is 1. The molecule has 10 heteroatoms. The number of aromatic nitrogens is 3. The van der Waals surface area contributed by atoms with Gasteiger partial charge < -0.3 is 14.8 Å². The Morgan fingerprint density at radius 3 is 2.77 bits per heavy atom. The summed E-state index contributed by atoms with van der Waals surface area (Å²) < 4.78 is 38.3. The molecule has 160 valence electrons. The Balaban J connectivity index is 0.00000256. The number of amides is 1. The van der Waals surface area contributed by atoms with E-state index in [2.05, 4.69) is 15.4 Å². The van der Waals surface area contributed by atoms with Crippen molar-refractivity contribution in [2.24, 2.45) is 0 Å². The van der Waals surface area contributed by atoms with E-state index in [0.29, 0.717) is 24.5 Å². The van der Waals surface area contributed by atoms with E-state index in [1.54, 1.807) is 12.1 Å². The lowest BCUT2D eigenvalue weighted by Crippen LogP contribution is -2.19. The predicted octanol–water partition coefficient (Wildman–Crippen LogP) is 4.40. The molecule has 0 atom stereocenters. The number of hydrogen-bond donors (Lipinski definition) is 1. The first-order valence-corrected chi connectivity index (χ1v) is 9.26. The van der Waals surface area contributed by atoms with E-state index in [4.69, 9.17) is 9.47 Å². The molecule has 0 saturated carbocycles. The third-order valence-electron chi connectivity index (χ3n) is 4.89. The number of carbonyl (C=O) groups is 1. The number of methoxy groups -OCH3 is 1. The number of anilines is 1. The molecule has 1 amide bonds. The highest BCUT2D eigenvalue weighted by Crippen LogP contribution is 2.29. The number of ether oxygens (including phenoxy) is 2. The maximum atomic E-state index is 12.8. The van der Waals surface area contributed by atoms with Crippen molar-refractivity contribution in [3.05, 3.63) is 47.8 Å². The summed E-state index contributed by atoms with van der Waals surface area (Å²) in [5.41, 5.74) is 0.585. The van der Waals surface area contributed by atoms with Crippen molar-refractivity contribution >= 4 is 35.0 Å². The third-order valence-corrected chi connectivity index (χ3v) is 4.89. The first-order valence-electron chi connectivity index (χ1n) is 9.26. The fourth-order valence-corrected chi connectivity index (χ4v) is 3.38. The van der Waals surface area contributed by atoms with Crippen LogP contribution in [0.1, 0.15) is 41.4 Å². The third kappa shape index (κ3) is 4.52. The molecule has 0 radical (unpaired) electrons. The number of hydrogen-bond acceptors (Lipinski definition) is 5. The normalized spacial score (nSPS) is 14.5. The van der Waals surface area contributed by atoms with Crippen molar-refractivity contribution < 1.29 is 23.0 Å². The Labute approximate surface area is 177 Å². The van der Waals surface area contributed by atoms with Crippen molar-refractivity contribution in [2.75, 3.05) is 25.6 Å². The maximum Gasteiger partial charge on any atom is 0.280 e. The lowest BCUT2D eigenvalue weighted by Gasteiger charge is -2.22. The minimum Gasteiger partial charge on any atom is -0.496 e. The Kier molecular flexibility index (Phi) is 6.84. The smallest absolute Gasteiger partial charge is 0.280 e. The van der Waals surface area contributed by atoms with Gasteiger partial charge in [0.15, 0.2) is 0 Å². The van der Waals surface area contributed by atoms with Crippen LogP contribution in [0, 0.1) is 0 Å². The highest BCUT2D eigenvalue weighted by molar-refractivity contribution is 6.08. The summed E-state index contributed by atoms with van der Waals surface area (Å²) in [6, 6.07) is 7.71. The molecule has 0 bridgehead atoms. The van der Waals surface area contributed by atoms with Crippen LogP contribution in [0.5, 0.6) is 5.75 Å². The molecule has 4 rings (SSSR count). The molecule has 1 aromatic carbocycles. The summed E-state index contributed by atoms with van der Waals surface area (Å²) in [6.45, 7) is 1.39. The van der Waals surface area contributed by atoms with E-state index in [1.165, 1.54) is 25.3 Å². The van der Waals surface area contributed by atoms with Gasteiger partial charge in [-0.05, 0) is 31.0 Å². The van der Waals surface area contributed by atoms with Gasteiger partial charge in [0, 0.05) is 30.9 Å². The SMILES string of the molecule is COc1cc2nn(C3CCOCC3)cc2cc1C(=O)Nc1cccc(C(F)F)n1.Cl. The van der Waals surface area contributed by atoms with Gasteiger partial charge in [0.2, 0.25) is 0 Å². The van der Waals surface area contributed by atoms with Gasteiger partial charge in [-0.3, -0.25) is 9.48 Å². The van der Waals surface area contributed by atoms with E-state index >= 15 is 0 Å². The van der Waals surface area contributed by atoms with Gasteiger partial charge in [0.05, 0.1) is 24.2 Å². The molecule has 0 unspecified atom stereocenters. The number of nitrogens with one attached hydrogen (secondary N) is 1. The van der Waals surface area contributed by atoms with Gasteiger partial charge in [-0.25, -0.2) is 13.8 Å². The standard InChI is InChI=1S/C20H20F2N4O3.ClH/c1-28-17-10-16-12(11-26(25-16)13-5-7-29-8-6-13)9-14(17)20(27)24-18-4-2-3-15(23-18)19(21)22;/h2-4,9-11,13,19H,5-8H2,1H3,(H,23,24,27);1H. The van der Waals surface area contributed by atoms with E-state index in [9.17, 15) is 13.6 Å². The zero-order chi connectivity index (χ0) is 20.4. The summed E-state index contributed by atoms with van der Waals surface area (Å²) in [4.78, 5) is 16.5. The lowest BCUT2D eigenvalue weighted by atomic mass is 10.1. The number of benzene rings is 1. The van der Waals surface area contributed by atoms with Gasteiger partial charge in [0.1, 0.15) is 17.3 Å². The summed E-state index contributed by atoms with van der Waals surface area (Å²) >= 11 is 0. The monoisotopic (exact) mass is 438 g/mol. The molecule has 1 aliphatic heterocycles. The molecule has 7 nitrogen and oxygen atoms in total. The van der Waals surface area contributed by atoms with Crippen LogP contribution in [0.4, 0.5) is 14.6 Å².